The van der Waals surface area contributed by atoms with E-state index in [9.17, 15) is 0 Å². The Hall–Kier alpha value is -2.16. The number of para-hydroxylation sites is 1. The van der Waals surface area contributed by atoms with Gasteiger partial charge in [-0.25, -0.2) is 0 Å². The van der Waals surface area contributed by atoms with Gasteiger partial charge in [0, 0.05) is 6.54 Å². The van der Waals surface area contributed by atoms with Crippen molar-refractivity contribution < 1.29 is 4.74 Å². The Balaban J connectivity index is 1.98. The number of methoxy groups -OCH3 is 1. The molecule has 0 saturated heterocycles. The van der Waals surface area contributed by atoms with Crippen LogP contribution in [-0.4, -0.2) is 13.7 Å². The summed E-state index contributed by atoms with van der Waals surface area (Å²) in [4.78, 5) is 0. The van der Waals surface area contributed by atoms with Gasteiger partial charge >= 0.3 is 0 Å². The van der Waals surface area contributed by atoms with Crippen LogP contribution in [0, 0.1) is 6.92 Å². The average molecular weight is 256 g/mol. The summed E-state index contributed by atoms with van der Waals surface area (Å²) >= 11 is 0. The van der Waals surface area contributed by atoms with Crippen LogP contribution in [0.1, 0.15) is 11.1 Å². The number of nitrogens with two attached hydrogens (primary N) is 1. The smallest absolute Gasteiger partial charge is 0.122 e. The molecule has 0 heterocycles. The van der Waals surface area contributed by atoms with Crippen molar-refractivity contribution in [3.05, 3.63) is 53.6 Å². The van der Waals surface area contributed by atoms with Crippen molar-refractivity contribution in [2.24, 2.45) is 0 Å². The number of ether oxygens (including phenoxy) is 1. The van der Waals surface area contributed by atoms with Gasteiger partial charge in [0.25, 0.3) is 0 Å². The fourth-order valence-corrected chi connectivity index (χ4v) is 2.06. The molecule has 0 amide bonds. The lowest BCUT2D eigenvalue weighted by atomic mass is 10.1. The third kappa shape index (κ3) is 3.41. The molecule has 0 atom stereocenters. The first-order valence-corrected chi connectivity index (χ1v) is 6.42. The molecule has 2 rings (SSSR count). The van der Waals surface area contributed by atoms with Crippen molar-refractivity contribution in [3.8, 4) is 5.75 Å². The highest BCUT2D eigenvalue weighted by Crippen LogP contribution is 2.21. The monoisotopic (exact) mass is 256 g/mol. The first-order chi connectivity index (χ1) is 9.20. The topological polar surface area (TPSA) is 47.3 Å². The lowest BCUT2D eigenvalue weighted by Crippen LogP contribution is -2.07. The van der Waals surface area contributed by atoms with Crippen molar-refractivity contribution in [2.45, 2.75) is 13.3 Å². The third-order valence-corrected chi connectivity index (χ3v) is 3.11. The van der Waals surface area contributed by atoms with E-state index < -0.39 is 0 Å². The minimum absolute atomic E-state index is 0.783. The van der Waals surface area contributed by atoms with Crippen LogP contribution in [0.3, 0.4) is 0 Å². The molecule has 0 fully saturated rings. The summed E-state index contributed by atoms with van der Waals surface area (Å²) in [6.45, 7) is 2.89. The van der Waals surface area contributed by atoms with Crippen LogP contribution < -0.4 is 15.8 Å². The number of hydrogen-bond donors (Lipinski definition) is 2. The molecule has 2 aromatic rings. The maximum Gasteiger partial charge on any atom is 0.122 e. The highest BCUT2D eigenvalue weighted by molar-refractivity contribution is 5.66. The van der Waals surface area contributed by atoms with E-state index in [4.69, 9.17) is 10.5 Å². The van der Waals surface area contributed by atoms with E-state index in [0.29, 0.717) is 0 Å². The Labute approximate surface area is 114 Å². The second kappa shape index (κ2) is 6.14. The average Bonchev–Trinajstić information content (AvgIpc) is 2.43. The second-order valence-electron chi connectivity index (χ2n) is 4.58. The van der Waals surface area contributed by atoms with Crippen molar-refractivity contribution in [3.63, 3.8) is 0 Å². The molecule has 2 aromatic carbocycles. The van der Waals surface area contributed by atoms with E-state index in [1.807, 2.05) is 30.3 Å². The van der Waals surface area contributed by atoms with Gasteiger partial charge in [-0.1, -0.05) is 24.3 Å². The molecule has 3 nitrogen and oxygen atoms in total. The van der Waals surface area contributed by atoms with E-state index in [2.05, 4.69) is 24.4 Å². The summed E-state index contributed by atoms with van der Waals surface area (Å²) in [6, 6.07) is 14.1. The number of hydrogen-bond acceptors (Lipinski definition) is 3. The molecule has 0 spiro atoms. The molecular formula is C16H20N2O. The summed E-state index contributed by atoms with van der Waals surface area (Å²) in [7, 11) is 1.70. The van der Waals surface area contributed by atoms with Crippen molar-refractivity contribution in [1.29, 1.82) is 0 Å². The van der Waals surface area contributed by atoms with Gasteiger partial charge in [-0.15, -0.1) is 0 Å². The molecular weight excluding hydrogens is 236 g/mol. The number of nitrogens with one attached hydrogen (secondary N) is 1. The molecule has 19 heavy (non-hydrogen) atoms. The lowest BCUT2D eigenvalue weighted by Gasteiger charge is -2.12. The number of benzene rings is 2. The fourth-order valence-electron chi connectivity index (χ4n) is 2.06. The maximum atomic E-state index is 5.94. The van der Waals surface area contributed by atoms with Crippen LogP contribution in [0.15, 0.2) is 42.5 Å². The van der Waals surface area contributed by atoms with Gasteiger partial charge in [0.1, 0.15) is 5.75 Å². The Kier molecular flexibility index (Phi) is 4.29. The quantitative estimate of drug-likeness (QED) is 0.807. The van der Waals surface area contributed by atoms with E-state index in [1.54, 1.807) is 7.11 Å². The standard InChI is InChI=1S/C16H20N2O/c1-12-7-8-14(17)15(11-12)18-10-9-13-5-3-4-6-16(13)19-2/h3-8,11,18H,9-10,17H2,1-2H3. The molecule has 0 bridgehead atoms. The highest BCUT2D eigenvalue weighted by Gasteiger charge is 2.02. The van der Waals surface area contributed by atoms with E-state index in [1.165, 1.54) is 11.1 Å². The predicted molar refractivity (Wildman–Crippen MR) is 80.8 cm³/mol. The van der Waals surface area contributed by atoms with Crippen molar-refractivity contribution in [2.75, 3.05) is 24.7 Å². The minimum Gasteiger partial charge on any atom is -0.496 e. The molecule has 0 aliphatic carbocycles. The minimum atomic E-state index is 0.783. The van der Waals surface area contributed by atoms with E-state index in [-0.39, 0.29) is 0 Å². The zero-order chi connectivity index (χ0) is 13.7. The maximum absolute atomic E-state index is 5.94. The van der Waals surface area contributed by atoms with Gasteiger partial charge in [0.15, 0.2) is 0 Å². The summed E-state index contributed by atoms with van der Waals surface area (Å²) in [5, 5.41) is 3.37. The molecule has 3 heteroatoms. The van der Waals surface area contributed by atoms with Gasteiger partial charge < -0.3 is 15.8 Å². The Morgan fingerprint density at radius 1 is 1.16 bits per heavy atom. The first-order valence-electron chi connectivity index (χ1n) is 6.42. The Bertz CT molecular complexity index is 552. The molecule has 0 radical (unpaired) electrons. The van der Waals surface area contributed by atoms with Gasteiger partial charge in [-0.3, -0.25) is 0 Å². The zero-order valence-corrected chi connectivity index (χ0v) is 11.4. The fraction of sp³-hybridized carbons (Fsp3) is 0.250. The zero-order valence-electron chi connectivity index (χ0n) is 11.4. The third-order valence-electron chi connectivity index (χ3n) is 3.11. The SMILES string of the molecule is COc1ccccc1CCNc1cc(C)ccc1N. The van der Waals surface area contributed by atoms with Crippen molar-refractivity contribution in [1.82, 2.24) is 0 Å². The van der Waals surface area contributed by atoms with Gasteiger partial charge in [-0.2, -0.15) is 0 Å². The molecule has 0 aliphatic rings. The van der Waals surface area contributed by atoms with Gasteiger partial charge in [0.2, 0.25) is 0 Å². The number of aryl methyl sites for hydroxylation is 1. The van der Waals surface area contributed by atoms with Gasteiger partial charge in [0.05, 0.1) is 18.5 Å². The predicted octanol–water partition coefficient (Wildman–Crippen LogP) is 3.24. The van der Waals surface area contributed by atoms with Crippen LogP contribution in [0.5, 0.6) is 5.75 Å². The summed E-state index contributed by atoms with van der Waals surface area (Å²) < 4.78 is 5.34. The molecule has 3 N–H and O–H groups in total. The highest BCUT2D eigenvalue weighted by atomic mass is 16.5. The normalized spacial score (nSPS) is 10.2. The van der Waals surface area contributed by atoms with Gasteiger partial charge in [-0.05, 0) is 42.7 Å². The summed E-state index contributed by atoms with van der Waals surface area (Å²) in [5.41, 5.74) is 10.1. The molecule has 0 aliphatic heterocycles. The summed E-state index contributed by atoms with van der Waals surface area (Å²) in [5.74, 6) is 0.932. The van der Waals surface area contributed by atoms with Crippen LogP contribution in [-0.2, 0) is 6.42 Å². The first kappa shape index (κ1) is 13.3. The molecule has 0 unspecified atom stereocenters. The Morgan fingerprint density at radius 2 is 1.95 bits per heavy atom. The number of nitrogen functional groups attached to an aromatic ring is 1. The Morgan fingerprint density at radius 3 is 2.74 bits per heavy atom. The van der Waals surface area contributed by atoms with Crippen LogP contribution >= 0.6 is 0 Å². The molecule has 0 aromatic heterocycles. The molecule has 100 valence electrons. The second-order valence-corrected chi connectivity index (χ2v) is 4.58. The number of rotatable bonds is 5. The van der Waals surface area contributed by atoms with E-state index in [0.717, 1.165) is 30.1 Å². The van der Waals surface area contributed by atoms with Crippen LogP contribution in [0.4, 0.5) is 11.4 Å². The molecule has 0 saturated carbocycles. The van der Waals surface area contributed by atoms with Crippen LogP contribution in [0.25, 0.3) is 0 Å². The number of anilines is 2. The summed E-state index contributed by atoms with van der Waals surface area (Å²) in [6.07, 6.45) is 0.900. The largest absolute Gasteiger partial charge is 0.496 e. The van der Waals surface area contributed by atoms with Crippen LogP contribution in [0.2, 0.25) is 0 Å². The van der Waals surface area contributed by atoms with Crippen molar-refractivity contribution >= 4 is 11.4 Å². The lowest BCUT2D eigenvalue weighted by molar-refractivity contribution is 0.410. The van der Waals surface area contributed by atoms with E-state index >= 15 is 0 Å².